The van der Waals surface area contributed by atoms with E-state index in [1.54, 1.807) is 18.2 Å². The quantitative estimate of drug-likeness (QED) is 0.637. The molecule has 0 spiro atoms. The van der Waals surface area contributed by atoms with Crippen molar-refractivity contribution < 1.29 is 4.39 Å². The standard InChI is InChI=1S/C17H8BrClFN3O/c18-11-1-4-14(20)9(6-11)5-10(8-21)16-22-15-7-12(19)2-3-13(15)17(24)23-16/h1-7H,(H,22,23,24). The number of benzene rings is 2. The van der Waals surface area contributed by atoms with Crippen LogP contribution in [0.25, 0.3) is 22.6 Å². The second kappa shape index (κ2) is 6.56. The van der Waals surface area contributed by atoms with E-state index in [0.717, 1.165) is 0 Å². The molecule has 0 atom stereocenters. The minimum atomic E-state index is -0.489. The van der Waals surface area contributed by atoms with Crippen molar-refractivity contribution in [3.63, 3.8) is 0 Å². The highest BCUT2D eigenvalue weighted by Crippen LogP contribution is 2.22. The Kier molecular flexibility index (Phi) is 4.47. The number of H-pyrrole nitrogens is 1. The fraction of sp³-hybridized carbons (Fsp3) is 0. The summed E-state index contributed by atoms with van der Waals surface area (Å²) in [5, 5.41) is 10.2. The molecule has 1 heterocycles. The van der Waals surface area contributed by atoms with Crippen LogP contribution in [0.1, 0.15) is 11.4 Å². The molecule has 0 unspecified atom stereocenters. The maximum atomic E-state index is 13.9. The number of hydrogen-bond acceptors (Lipinski definition) is 3. The summed E-state index contributed by atoms with van der Waals surface area (Å²) in [6, 6.07) is 11.0. The zero-order chi connectivity index (χ0) is 17.3. The van der Waals surface area contributed by atoms with Crippen molar-refractivity contribution in [2.45, 2.75) is 0 Å². The molecule has 1 aromatic heterocycles. The fourth-order valence-corrected chi connectivity index (χ4v) is 2.72. The third-order valence-corrected chi connectivity index (χ3v) is 4.03. The van der Waals surface area contributed by atoms with Gasteiger partial charge in [-0.2, -0.15) is 5.26 Å². The summed E-state index contributed by atoms with van der Waals surface area (Å²) in [5.41, 5.74) is 0.195. The van der Waals surface area contributed by atoms with Crippen LogP contribution in [0.3, 0.4) is 0 Å². The second-order valence-electron chi connectivity index (χ2n) is 4.91. The van der Waals surface area contributed by atoms with Crippen molar-refractivity contribution in [3.05, 3.63) is 73.5 Å². The molecule has 0 aliphatic heterocycles. The number of allylic oxidation sites excluding steroid dienone is 1. The number of halogens is 3. The molecular formula is C17H8BrClFN3O. The van der Waals surface area contributed by atoms with Crippen molar-refractivity contribution in [3.8, 4) is 6.07 Å². The summed E-state index contributed by atoms with van der Waals surface area (Å²) in [4.78, 5) is 18.9. The highest BCUT2D eigenvalue weighted by Gasteiger charge is 2.10. The lowest BCUT2D eigenvalue weighted by Crippen LogP contribution is -2.11. The molecule has 3 aromatic rings. The minimum Gasteiger partial charge on any atom is -0.305 e. The first kappa shape index (κ1) is 16.4. The molecule has 0 aliphatic carbocycles. The van der Waals surface area contributed by atoms with Crippen LogP contribution in [0.15, 0.2) is 45.7 Å². The minimum absolute atomic E-state index is 0.0333. The van der Waals surface area contributed by atoms with Gasteiger partial charge in [0, 0.05) is 15.1 Å². The van der Waals surface area contributed by atoms with Gasteiger partial charge in [-0.3, -0.25) is 4.79 Å². The van der Waals surface area contributed by atoms with E-state index in [-0.39, 0.29) is 17.0 Å². The van der Waals surface area contributed by atoms with Crippen molar-refractivity contribution in [1.29, 1.82) is 5.26 Å². The van der Waals surface area contributed by atoms with E-state index in [4.69, 9.17) is 11.6 Å². The molecule has 0 aliphatic rings. The molecule has 0 fully saturated rings. The van der Waals surface area contributed by atoms with Crippen LogP contribution < -0.4 is 5.56 Å². The van der Waals surface area contributed by atoms with Gasteiger partial charge in [-0.15, -0.1) is 0 Å². The number of hydrogen-bond donors (Lipinski definition) is 1. The van der Waals surface area contributed by atoms with Gasteiger partial charge in [0.05, 0.1) is 16.5 Å². The number of nitrogens with zero attached hydrogens (tertiary/aromatic N) is 2. The van der Waals surface area contributed by atoms with E-state index in [1.165, 1.54) is 24.3 Å². The van der Waals surface area contributed by atoms with Crippen molar-refractivity contribution >= 4 is 50.1 Å². The van der Waals surface area contributed by atoms with Gasteiger partial charge in [0.15, 0.2) is 5.82 Å². The van der Waals surface area contributed by atoms with Crippen molar-refractivity contribution in [2.75, 3.05) is 0 Å². The van der Waals surface area contributed by atoms with Crippen LogP contribution in [0.5, 0.6) is 0 Å². The molecule has 0 radical (unpaired) electrons. The third-order valence-electron chi connectivity index (χ3n) is 3.30. The molecule has 3 rings (SSSR count). The van der Waals surface area contributed by atoms with Crippen LogP contribution in [-0.2, 0) is 0 Å². The number of nitrogens with one attached hydrogen (secondary N) is 1. The van der Waals surface area contributed by atoms with Gasteiger partial charge in [-0.25, -0.2) is 9.37 Å². The summed E-state index contributed by atoms with van der Waals surface area (Å²) in [7, 11) is 0. The topological polar surface area (TPSA) is 69.5 Å². The van der Waals surface area contributed by atoms with Crippen LogP contribution >= 0.6 is 27.5 Å². The molecule has 2 aromatic carbocycles. The lowest BCUT2D eigenvalue weighted by atomic mass is 10.1. The largest absolute Gasteiger partial charge is 0.305 e. The van der Waals surface area contributed by atoms with E-state index in [0.29, 0.717) is 20.4 Å². The summed E-state index contributed by atoms with van der Waals surface area (Å²) in [6.07, 6.45) is 1.33. The predicted octanol–water partition coefficient (Wildman–Crippen LogP) is 4.54. The molecule has 7 heteroatoms. The zero-order valence-electron chi connectivity index (χ0n) is 12.0. The van der Waals surface area contributed by atoms with Gasteiger partial charge in [0.25, 0.3) is 5.56 Å². The average molecular weight is 405 g/mol. The Morgan fingerprint density at radius 2 is 2.12 bits per heavy atom. The molecular weight excluding hydrogens is 397 g/mol. The van der Waals surface area contributed by atoms with Gasteiger partial charge in [0.2, 0.25) is 0 Å². The second-order valence-corrected chi connectivity index (χ2v) is 6.26. The first-order chi connectivity index (χ1) is 11.5. The number of aromatic amines is 1. The van der Waals surface area contributed by atoms with Crippen LogP contribution in [0, 0.1) is 17.1 Å². The molecule has 0 bridgehead atoms. The molecule has 4 nitrogen and oxygen atoms in total. The summed E-state index contributed by atoms with van der Waals surface area (Å²) >= 11 is 9.17. The fourth-order valence-electron chi connectivity index (χ4n) is 2.17. The molecule has 118 valence electrons. The first-order valence-electron chi connectivity index (χ1n) is 6.75. The Bertz CT molecular complexity index is 1090. The maximum absolute atomic E-state index is 13.9. The smallest absolute Gasteiger partial charge is 0.259 e. The third kappa shape index (κ3) is 3.23. The van der Waals surface area contributed by atoms with E-state index in [1.807, 2.05) is 6.07 Å². The highest BCUT2D eigenvalue weighted by molar-refractivity contribution is 9.10. The molecule has 0 amide bonds. The van der Waals surface area contributed by atoms with Gasteiger partial charge in [-0.1, -0.05) is 27.5 Å². The van der Waals surface area contributed by atoms with Crippen molar-refractivity contribution in [2.24, 2.45) is 0 Å². The Morgan fingerprint density at radius 1 is 1.33 bits per heavy atom. The Labute approximate surface area is 149 Å². The van der Waals surface area contributed by atoms with Gasteiger partial charge < -0.3 is 4.98 Å². The maximum Gasteiger partial charge on any atom is 0.259 e. The van der Waals surface area contributed by atoms with Crippen LogP contribution in [0.4, 0.5) is 4.39 Å². The van der Waals surface area contributed by atoms with Gasteiger partial charge >= 0.3 is 0 Å². The van der Waals surface area contributed by atoms with E-state index < -0.39 is 11.4 Å². The zero-order valence-corrected chi connectivity index (χ0v) is 14.3. The molecule has 1 N–H and O–H groups in total. The number of nitriles is 1. The van der Waals surface area contributed by atoms with Crippen LogP contribution in [-0.4, -0.2) is 9.97 Å². The summed E-state index contributed by atoms with van der Waals surface area (Å²) in [6.45, 7) is 0. The number of fused-ring (bicyclic) bond motifs is 1. The predicted molar refractivity (Wildman–Crippen MR) is 95.0 cm³/mol. The molecule has 0 saturated carbocycles. The van der Waals surface area contributed by atoms with Gasteiger partial charge in [-0.05, 0) is 42.5 Å². The number of aromatic nitrogens is 2. The Morgan fingerprint density at radius 3 is 2.88 bits per heavy atom. The molecule has 24 heavy (non-hydrogen) atoms. The summed E-state index contributed by atoms with van der Waals surface area (Å²) in [5.74, 6) is -0.436. The van der Waals surface area contributed by atoms with E-state index in [2.05, 4.69) is 25.9 Å². The molecule has 0 saturated heterocycles. The summed E-state index contributed by atoms with van der Waals surface area (Å²) < 4.78 is 14.5. The lowest BCUT2D eigenvalue weighted by molar-refractivity contribution is 0.625. The van der Waals surface area contributed by atoms with Gasteiger partial charge in [0.1, 0.15) is 11.9 Å². The monoisotopic (exact) mass is 403 g/mol. The Balaban J connectivity index is 2.20. The highest BCUT2D eigenvalue weighted by atomic mass is 79.9. The van der Waals surface area contributed by atoms with E-state index >= 15 is 0 Å². The first-order valence-corrected chi connectivity index (χ1v) is 7.92. The Hall–Kier alpha value is -2.49. The lowest BCUT2D eigenvalue weighted by Gasteiger charge is -2.03. The van der Waals surface area contributed by atoms with Crippen molar-refractivity contribution in [1.82, 2.24) is 9.97 Å². The average Bonchev–Trinajstić information content (AvgIpc) is 2.55. The van der Waals surface area contributed by atoms with Crippen LogP contribution in [0.2, 0.25) is 5.02 Å². The number of rotatable bonds is 2. The normalized spacial score (nSPS) is 11.5. The van der Waals surface area contributed by atoms with E-state index in [9.17, 15) is 14.4 Å². The SMILES string of the molecule is N#CC(=Cc1cc(Br)ccc1F)c1nc2cc(Cl)ccc2c(=O)[nH]1.